The normalized spacial score (nSPS) is 12.2. The lowest BCUT2D eigenvalue weighted by molar-refractivity contribution is -0.881. The number of amides is 2. The SMILES string of the molecule is CC[NH+](CC(=O)Nc1cc(OC)ccc1OC)CC(=O)NC(C)(C)C. The standard InChI is InChI=1S/C18H29N3O4/c1-7-21(12-17(23)20-18(2,3)4)11-16(22)19-14-10-13(24-5)8-9-15(14)25-6/h8-10H,7,11-12H2,1-6H3,(H,19,22)(H,20,23)/p+1. The molecule has 0 saturated heterocycles. The number of likely N-dealkylation sites (N-methyl/N-ethyl adjacent to an activating group) is 1. The molecule has 0 aromatic heterocycles. The molecule has 3 N–H and O–H groups in total. The van der Waals surface area contributed by atoms with Gasteiger partial charge in [0.05, 0.1) is 26.5 Å². The van der Waals surface area contributed by atoms with Crippen molar-refractivity contribution in [3.8, 4) is 11.5 Å². The fourth-order valence-corrected chi connectivity index (χ4v) is 2.34. The first-order chi connectivity index (χ1) is 11.7. The molecule has 7 nitrogen and oxygen atoms in total. The largest absolute Gasteiger partial charge is 0.497 e. The predicted octanol–water partition coefficient (Wildman–Crippen LogP) is 0.462. The van der Waals surface area contributed by atoms with Gasteiger partial charge in [0.15, 0.2) is 13.1 Å². The first kappa shape index (κ1) is 20.8. The van der Waals surface area contributed by atoms with Gasteiger partial charge in [-0.1, -0.05) is 0 Å². The van der Waals surface area contributed by atoms with Crippen LogP contribution >= 0.6 is 0 Å². The Morgan fingerprint density at radius 2 is 1.72 bits per heavy atom. The maximum Gasteiger partial charge on any atom is 0.279 e. The number of quaternary nitrogens is 1. The number of methoxy groups -OCH3 is 2. The Morgan fingerprint density at radius 3 is 2.24 bits per heavy atom. The van der Waals surface area contributed by atoms with E-state index in [1.54, 1.807) is 25.3 Å². The van der Waals surface area contributed by atoms with Gasteiger partial charge in [-0.25, -0.2) is 0 Å². The molecule has 0 saturated carbocycles. The number of nitrogens with one attached hydrogen (secondary N) is 3. The van der Waals surface area contributed by atoms with Gasteiger partial charge in [0.2, 0.25) is 0 Å². The van der Waals surface area contributed by atoms with Crippen molar-refractivity contribution in [1.82, 2.24) is 5.32 Å². The van der Waals surface area contributed by atoms with E-state index in [1.165, 1.54) is 7.11 Å². The molecule has 0 radical (unpaired) electrons. The van der Waals surface area contributed by atoms with E-state index in [0.717, 1.165) is 4.90 Å². The third-order valence-electron chi connectivity index (χ3n) is 3.52. The maximum absolute atomic E-state index is 12.4. The smallest absolute Gasteiger partial charge is 0.279 e. The van der Waals surface area contributed by atoms with Crippen LogP contribution in [0.5, 0.6) is 11.5 Å². The van der Waals surface area contributed by atoms with Crippen molar-refractivity contribution in [2.45, 2.75) is 33.2 Å². The van der Waals surface area contributed by atoms with E-state index >= 15 is 0 Å². The number of rotatable bonds is 8. The average molecular weight is 352 g/mol. The van der Waals surface area contributed by atoms with Crippen LogP contribution in [0.3, 0.4) is 0 Å². The molecule has 140 valence electrons. The van der Waals surface area contributed by atoms with Crippen LogP contribution in [0.1, 0.15) is 27.7 Å². The summed E-state index contributed by atoms with van der Waals surface area (Å²) < 4.78 is 10.4. The second kappa shape index (κ2) is 9.27. The van der Waals surface area contributed by atoms with E-state index < -0.39 is 0 Å². The van der Waals surface area contributed by atoms with Crippen molar-refractivity contribution in [2.75, 3.05) is 39.2 Å². The highest BCUT2D eigenvalue weighted by Crippen LogP contribution is 2.28. The second-order valence-electron chi connectivity index (χ2n) is 6.87. The molecule has 0 aliphatic carbocycles. The Bertz CT molecular complexity index is 596. The monoisotopic (exact) mass is 352 g/mol. The maximum atomic E-state index is 12.4. The van der Waals surface area contributed by atoms with Crippen LogP contribution in [-0.4, -0.2) is 51.2 Å². The summed E-state index contributed by atoms with van der Waals surface area (Å²) in [7, 11) is 3.10. The Kier molecular flexibility index (Phi) is 7.70. The lowest BCUT2D eigenvalue weighted by Gasteiger charge is -2.23. The van der Waals surface area contributed by atoms with Crippen LogP contribution in [0, 0.1) is 0 Å². The lowest BCUT2D eigenvalue weighted by atomic mass is 10.1. The molecule has 1 aromatic rings. The van der Waals surface area contributed by atoms with Crippen molar-refractivity contribution in [1.29, 1.82) is 0 Å². The number of hydrogen-bond donors (Lipinski definition) is 3. The first-order valence-corrected chi connectivity index (χ1v) is 8.35. The topological polar surface area (TPSA) is 81.1 Å². The first-order valence-electron chi connectivity index (χ1n) is 8.35. The molecular weight excluding hydrogens is 322 g/mol. The third-order valence-corrected chi connectivity index (χ3v) is 3.52. The molecule has 0 heterocycles. The summed E-state index contributed by atoms with van der Waals surface area (Å²) in [6, 6.07) is 5.19. The van der Waals surface area contributed by atoms with E-state index in [9.17, 15) is 9.59 Å². The molecule has 1 atom stereocenters. The van der Waals surface area contributed by atoms with Crippen LogP contribution in [0.4, 0.5) is 5.69 Å². The summed E-state index contributed by atoms with van der Waals surface area (Å²) in [5.41, 5.74) is 0.257. The highest BCUT2D eigenvalue weighted by atomic mass is 16.5. The van der Waals surface area contributed by atoms with Crippen molar-refractivity contribution >= 4 is 17.5 Å². The van der Waals surface area contributed by atoms with Crippen molar-refractivity contribution in [3.63, 3.8) is 0 Å². The molecule has 0 fully saturated rings. The summed E-state index contributed by atoms with van der Waals surface area (Å²) in [5, 5.41) is 5.74. The summed E-state index contributed by atoms with van der Waals surface area (Å²) in [6.45, 7) is 8.83. The fraction of sp³-hybridized carbons (Fsp3) is 0.556. The van der Waals surface area contributed by atoms with Crippen molar-refractivity contribution < 1.29 is 24.0 Å². The van der Waals surface area contributed by atoms with E-state index in [0.29, 0.717) is 23.7 Å². The van der Waals surface area contributed by atoms with Crippen LogP contribution in [-0.2, 0) is 9.59 Å². The highest BCUT2D eigenvalue weighted by Gasteiger charge is 2.21. The zero-order valence-corrected chi connectivity index (χ0v) is 16.0. The van der Waals surface area contributed by atoms with Crippen LogP contribution in [0.15, 0.2) is 18.2 Å². The quantitative estimate of drug-likeness (QED) is 0.635. The number of ether oxygens (including phenoxy) is 2. The highest BCUT2D eigenvalue weighted by molar-refractivity contribution is 5.93. The van der Waals surface area contributed by atoms with E-state index in [2.05, 4.69) is 10.6 Å². The summed E-state index contributed by atoms with van der Waals surface area (Å²) in [6.07, 6.45) is 0. The zero-order chi connectivity index (χ0) is 19.0. The minimum Gasteiger partial charge on any atom is -0.497 e. The minimum atomic E-state index is -0.286. The van der Waals surface area contributed by atoms with Gasteiger partial charge in [0.25, 0.3) is 11.8 Å². The number of benzene rings is 1. The average Bonchev–Trinajstić information content (AvgIpc) is 2.52. The van der Waals surface area contributed by atoms with Gasteiger partial charge in [-0.05, 0) is 39.8 Å². The molecule has 0 bridgehead atoms. The van der Waals surface area contributed by atoms with Gasteiger partial charge in [-0.2, -0.15) is 0 Å². The van der Waals surface area contributed by atoms with Gasteiger partial charge in [-0.3, -0.25) is 9.59 Å². The fourth-order valence-electron chi connectivity index (χ4n) is 2.34. The molecule has 0 aliphatic rings. The third kappa shape index (κ3) is 7.43. The van der Waals surface area contributed by atoms with Crippen LogP contribution in [0.25, 0.3) is 0 Å². The van der Waals surface area contributed by atoms with Gasteiger partial charge < -0.3 is 25.0 Å². The Hall–Kier alpha value is -2.28. The van der Waals surface area contributed by atoms with Gasteiger partial charge in [0.1, 0.15) is 11.5 Å². The van der Waals surface area contributed by atoms with Gasteiger partial charge in [0, 0.05) is 11.6 Å². The van der Waals surface area contributed by atoms with Crippen molar-refractivity contribution in [3.05, 3.63) is 18.2 Å². The number of anilines is 1. The Labute approximate surface area is 149 Å². The minimum absolute atomic E-state index is 0.0730. The molecular formula is C18H30N3O4+. The Morgan fingerprint density at radius 1 is 1.08 bits per heavy atom. The number of hydrogen-bond acceptors (Lipinski definition) is 4. The summed E-state index contributed by atoms with van der Waals surface area (Å²) in [4.78, 5) is 25.3. The molecule has 25 heavy (non-hydrogen) atoms. The lowest BCUT2D eigenvalue weighted by Crippen LogP contribution is -3.14. The van der Waals surface area contributed by atoms with E-state index in [-0.39, 0.29) is 30.4 Å². The van der Waals surface area contributed by atoms with Crippen molar-refractivity contribution in [2.24, 2.45) is 0 Å². The second-order valence-corrected chi connectivity index (χ2v) is 6.87. The molecule has 0 aliphatic heterocycles. The summed E-state index contributed by atoms with van der Waals surface area (Å²) >= 11 is 0. The molecule has 1 rings (SSSR count). The van der Waals surface area contributed by atoms with Crippen LogP contribution in [0.2, 0.25) is 0 Å². The molecule has 7 heteroatoms. The molecule has 2 amide bonds. The van der Waals surface area contributed by atoms with E-state index in [4.69, 9.17) is 9.47 Å². The zero-order valence-electron chi connectivity index (χ0n) is 16.0. The summed E-state index contributed by atoms with van der Waals surface area (Å²) in [5.74, 6) is 0.918. The molecule has 1 unspecified atom stereocenters. The molecule has 0 spiro atoms. The predicted molar refractivity (Wildman–Crippen MR) is 97.3 cm³/mol. The number of carbonyl (C=O) groups is 2. The Balaban J connectivity index is 2.69. The number of carbonyl (C=O) groups excluding carboxylic acids is 2. The van der Waals surface area contributed by atoms with E-state index in [1.807, 2.05) is 27.7 Å². The van der Waals surface area contributed by atoms with Gasteiger partial charge in [-0.15, -0.1) is 0 Å². The van der Waals surface area contributed by atoms with Gasteiger partial charge >= 0.3 is 0 Å². The molecule has 1 aromatic carbocycles. The van der Waals surface area contributed by atoms with Crippen LogP contribution < -0.4 is 25.0 Å².